The molecule has 0 aliphatic heterocycles. The molecule has 1 saturated carbocycles. The van der Waals surface area contributed by atoms with Crippen LogP contribution in [0, 0.1) is 6.92 Å². The van der Waals surface area contributed by atoms with Gasteiger partial charge in [0.1, 0.15) is 0 Å². The lowest BCUT2D eigenvalue weighted by Gasteiger charge is -2.18. The van der Waals surface area contributed by atoms with Gasteiger partial charge in [-0.2, -0.15) is 0 Å². The molecular weight excluding hydrogens is 172 g/mol. The standard InChI is InChI=1S/C12H18N2/c1-9-4-7-13-11(8-9)10(2)14-12(3)5-6-12/h4,7-8,10,14H,5-6H2,1-3H3. The summed E-state index contributed by atoms with van der Waals surface area (Å²) in [6, 6.07) is 4.56. The SMILES string of the molecule is Cc1ccnc(C(C)NC2(C)CC2)c1. The summed E-state index contributed by atoms with van der Waals surface area (Å²) in [5.41, 5.74) is 2.81. The van der Waals surface area contributed by atoms with Gasteiger partial charge in [-0.25, -0.2) is 0 Å². The highest BCUT2D eigenvalue weighted by atomic mass is 15.0. The largest absolute Gasteiger partial charge is 0.304 e. The van der Waals surface area contributed by atoms with Crippen molar-refractivity contribution in [2.75, 3.05) is 0 Å². The number of rotatable bonds is 3. The van der Waals surface area contributed by atoms with Crippen molar-refractivity contribution in [3.8, 4) is 0 Å². The van der Waals surface area contributed by atoms with Crippen LogP contribution in [0.5, 0.6) is 0 Å². The number of hydrogen-bond donors (Lipinski definition) is 1. The minimum atomic E-state index is 0.363. The van der Waals surface area contributed by atoms with Crippen molar-refractivity contribution in [3.05, 3.63) is 29.6 Å². The van der Waals surface area contributed by atoms with Gasteiger partial charge in [0.05, 0.1) is 5.69 Å². The molecular formula is C12H18N2. The third-order valence-electron chi connectivity index (χ3n) is 2.95. The first kappa shape index (κ1) is 9.66. The van der Waals surface area contributed by atoms with E-state index in [0.717, 1.165) is 5.69 Å². The lowest BCUT2D eigenvalue weighted by atomic mass is 10.1. The van der Waals surface area contributed by atoms with Gasteiger partial charge in [0.2, 0.25) is 0 Å². The Labute approximate surface area is 85.7 Å². The van der Waals surface area contributed by atoms with Gasteiger partial charge in [-0.3, -0.25) is 4.98 Å². The van der Waals surface area contributed by atoms with Gasteiger partial charge in [-0.1, -0.05) is 0 Å². The monoisotopic (exact) mass is 190 g/mol. The van der Waals surface area contributed by atoms with E-state index < -0.39 is 0 Å². The summed E-state index contributed by atoms with van der Waals surface area (Å²) in [6.07, 6.45) is 4.48. The highest BCUT2D eigenvalue weighted by molar-refractivity contribution is 5.17. The van der Waals surface area contributed by atoms with Crippen LogP contribution < -0.4 is 5.32 Å². The number of hydrogen-bond acceptors (Lipinski definition) is 2. The van der Waals surface area contributed by atoms with Crippen LogP contribution in [0.4, 0.5) is 0 Å². The van der Waals surface area contributed by atoms with E-state index in [0.29, 0.717) is 11.6 Å². The van der Waals surface area contributed by atoms with Crippen LogP contribution in [0.25, 0.3) is 0 Å². The van der Waals surface area contributed by atoms with E-state index in [9.17, 15) is 0 Å². The summed E-state index contributed by atoms with van der Waals surface area (Å²) in [6.45, 7) is 6.57. The molecule has 2 rings (SSSR count). The molecule has 1 unspecified atom stereocenters. The maximum atomic E-state index is 4.39. The summed E-state index contributed by atoms with van der Waals surface area (Å²) in [7, 11) is 0. The Bertz CT molecular complexity index is 329. The lowest BCUT2D eigenvalue weighted by molar-refractivity contribution is 0.459. The second-order valence-electron chi connectivity index (χ2n) is 4.68. The van der Waals surface area contributed by atoms with Gasteiger partial charge in [-0.15, -0.1) is 0 Å². The third kappa shape index (κ3) is 2.13. The molecule has 14 heavy (non-hydrogen) atoms. The Morgan fingerprint density at radius 3 is 2.79 bits per heavy atom. The Morgan fingerprint density at radius 1 is 1.50 bits per heavy atom. The second-order valence-corrected chi connectivity index (χ2v) is 4.68. The average molecular weight is 190 g/mol. The number of nitrogens with zero attached hydrogens (tertiary/aromatic N) is 1. The van der Waals surface area contributed by atoms with Crippen LogP contribution in [0.3, 0.4) is 0 Å². The third-order valence-corrected chi connectivity index (χ3v) is 2.95. The molecule has 1 aliphatic carbocycles. The normalized spacial score (nSPS) is 20.5. The Balaban J connectivity index is 2.06. The van der Waals surface area contributed by atoms with E-state index in [4.69, 9.17) is 0 Å². The highest BCUT2D eigenvalue weighted by Crippen LogP contribution is 2.36. The summed E-state index contributed by atoms with van der Waals surface area (Å²) >= 11 is 0. The zero-order chi connectivity index (χ0) is 10.2. The van der Waals surface area contributed by atoms with Gasteiger partial charge in [0.15, 0.2) is 0 Å². The number of aryl methyl sites for hydroxylation is 1. The van der Waals surface area contributed by atoms with Crippen molar-refractivity contribution in [1.82, 2.24) is 10.3 Å². The molecule has 0 amide bonds. The minimum Gasteiger partial charge on any atom is -0.304 e. The molecule has 0 bridgehead atoms. The smallest absolute Gasteiger partial charge is 0.0573 e. The van der Waals surface area contributed by atoms with Crippen LogP contribution >= 0.6 is 0 Å². The Kier molecular flexibility index (Phi) is 2.31. The maximum absolute atomic E-state index is 4.39. The molecule has 1 fully saturated rings. The van der Waals surface area contributed by atoms with Crippen molar-refractivity contribution in [3.63, 3.8) is 0 Å². The fraction of sp³-hybridized carbons (Fsp3) is 0.583. The molecule has 2 heteroatoms. The molecule has 2 nitrogen and oxygen atoms in total. The summed E-state index contributed by atoms with van der Waals surface area (Å²) in [5, 5.41) is 3.61. The van der Waals surface area contributed by atoms with Gasteiger partial charge < -0.3 is 5.32 Å². The predicted molar refractivity (Wildman–Crippen MR) is 58.2 cm³/mol. The van der Waals surface area contributed by atoms with E-state index in [1.54, 1.807) is 0 Å². The van der Waals surface area contributed by atoms with Crippen molar-refractivity contribution in [2.24, 2.45) is 0 Å². The molecule has 76 valence electrons. The van der Waals surface area contributed by atoms with Crippen molar-refractivity contribution >= 4 is 0 Å². The number of nitrogens with one attached hydrogen (secondary N) is 1. The lowest BCUT2D eigenvalue weighted by Crippen LogP contribution is -2.31. The molecule has 1 heterocycles. The number of pyridine rings is 1. The molecule has 0 radical (unpaired) electrons. The van der Waals surface area contributed by atoms with Crippen LogP contribution in [0.15, 0.2) is 18.3 Å². The molecule has 0 saturated heterocycles. The molecule has 1 aromatic rings. The fourth-order valence-corrected chi connectivity index (χ4v) is 1.72. The van der Waals surface area contributed by atoms with Crippen molar-refractivity contribution in [1.29, 1.82) is 0 Å². The number of aromatic nitrogens is 1. The quantitative estimate of drug-likeness (QED) is 0.792. The Morgan fingerprint density at radius 2 is 2.21 bits per heavy atom. The maximum Gasteiger partial charge on any atom is 0.0573 e. The van der Waals surface area contributed by atoms with Crippen LogP contribution in [0.2, 0.25) is 0 Å². The predicted octanol–water partition coefficient (Wildman–Crippen LogP) is 2.59. The summed E-state index contributed by atoms with van der Waals surface area (Å²) < 4.78 is 0. The zero-order valence-corrected chi connectivity index (χ0v) is 9.17. The second kappa shape index (κ2) is 3.35. The molecule has 1 atom stereocenters. The van der Waals surface area contributed by atoms with E-state index in [1.165, 1.54) is 18.4 Å². The summed E-state index contributed by atoms with van der Waals surface area (Å²) in [5.74, 6) is 0. The van der Waals surface area contributed by atoms with Crippen molar-refractivity contribution in [2.45, 2.75) is 45.2 Å². The van der Waals surface area contributed by atoms with Gasteiger partial charge >= 0.3 is 0 Å². The van der Waals surface area contributed by atoms with E-state index in [2.05, 4.69) is 37.1 Å². The van der Waals surface area contributed by atoms with E-state index in [1.807, 2.05) is 12.3 Å². The first-order valence-electron chi connectivity index (χ1n) is 5.29. The molecule has 1 aromatic heterocycles. The van der Waals surface area contributed by atoms with E-state index >= 15 is 0 Å². The highest BCUT2D eigenvalue weighted by Gasteiger charge is 2.38. The van der Waals surface area contributed by atoms with Crippen LogP contribution in [0.1, 0.15) is 44.0 Å². The fourth-order valence-electron chi connectivity index (χ4n) is 1.72. The zero-order valence-electron chi connectivity index (χ0n) is 9.17. The topological polar surface area (TPSA) is 24.9 Å². The van der Waals surface area contributed by atoms with Crippen LogP contribution in [-0.2, 0) is 0 Å². The molecule has 0 aromatic carbocycles. The first-order valence-corrected chi connectivity index (χ1v) is 5.29. The van der Waals surface area contributed by atoms with Crippen molar-refractivity contribution < 1.29 is 0 Å². The van der Waals surface area contributed by atoms with Gasteiger partial charge in [0, 0.05) is 17.8 Å². The average Bonchev–Trinajstić information content (AvgIpc) is 2.83. The van der Waals surface area contributed by atoms with Crippen LogP contribution in [-0.4, -0.2) is 10.5 Å². The van der Waals surface area contributed by atoms with Gasteiger partial charge in [0.25, 0.3) is 0 Å². The van der Waals surface area contributed by atoms with Gasteiger partial charge in [-0.05, 0) is 51.3 Å². The first-order chi connectivity index (χ1) is 6.59. The minimum absolute atomic E-state index is 0.363. The molecule has 1 aliphatic rings. The molecule has 0 spiro atoms. The molecule has 1 N–H and O–H groups in total. The Hall–Kier alpha value is -0.890. The summed E-state index contributed by atoms with van der Waals surface area (Å²) in [4.78, 5) is 4.39. The van der Waals surface area contributed by atoms with E-state index in [-0.39, 0.29) is 0 Å².